The van der Waals surface area contributed by atoms with E-state index in [1.807, 2.05) is 19.1 Å². The van der Waals surface area contributed by atoms with Gasteiger partial charge in [-0.15, -0.1) is 13.2 Å². The molecule has 0 unspecified atom stereocenters. The van der Waals surface area contributed by atoms with E-state index in [0.717, 1.165) is 23.4 Å². The number of aliphatic hydroxyl groups is 1. The summed E-state index contributed by atoms with van der Waals surface area (Å²) in [6.07, 6.45) is -1.58. The molecule has 0 amide bonds. The van der Waals surface area contributed by atoms with E-state index in [9.17, 15) is 13.2 Å². The first-order chi connectivity index (χ1) is 15.8. The van der Waals surface area contributed by atoms with Crippen LogP contribution in [-0.2, 0) is 13.0 Å². The summed E-state index contributed by atoms with van der Waals surface area (Å²) in [5, 5.41) is 17.3. The zero-order valence-corrected chi connectivity index (χ0v) is 17.6. The van der Waals surface area contributed by atoms with Crippen molar-refractivity contribution in [2.45, 2.75) is 32.7 Å². The van der Waals surface area contributed by atoms with Gasteiger partial charge in [0.05, 0.1) is 6.54 Å². The Balaban J connectivity index is 1.46. The number of aliphatic hydroxyl groups excluding tert-OH is 1. The van der Waals surface area contributed by atoms with E-state index in [4.69, 9.17) is 9.63 Å². The lowest BCUT2D eigenvalue weighted by Gasteiger charge is -2.08. The first-order valence-electron chi connectivity index (χ1n) is 10.1. The van der Waals surface area contributed by atoms with Gasteiger partial charge in [-0.1, -0.05) is 11.2 Å². The fourth-order valence-corrected chi connectivity index (χ4v) is 3.15. The molecule has 1 N–H and O–H groups in total. The largest absolute Gasteiger partial charge is 0.573 e. The second-order valence-corrected chi connectivity index (χ2v) is 7.31. The molecule has 0 fully saturated rings. The molecule has 11 heteroatoms. The monoisotopic (exact) mass is 459 g/mol. The number of aryl methyl sites for hydroxylation is 2. The molecule has 4 rings (SSSR count). The summed E-state index contributed by atoms with van der Waals surface area (Å²) < 4.78 is 47.9. The van der Waals surface area contributed by atoms with E-state index in [1.54, 1.807) is 16.9 Å². The predicted octanol–water partition coefficient (Wildman–Crippen LogP) is 4.18. The summed E-state index contributed by atoms with van der Waals surface area (Å²) in [4.78, 5) is 8.71. The van der Waals surface area contributed by atoms with Gasteiger partial charge in [0.25, 0.3) is 5.89 Å². The molecule has 0 aliphatic heterocycles. The van der Waals surface area contributed by atoms with Gasteiger partial charge in [0, 0.05) is 29.8 Å². The van der Waals surface area contributed by atoms with Gasteiger partial charge >= 0.3 is 6.36 Å². The third kappa shape index (κ3) is 5.75. The first-order valence-corrected chi connectivity index (χ1v) is 10.1. The number of alkyl halides is 3. The van der Waals surface area contributed by atoms with E-state index in [1.165, 1.54) is 24.3 Å². The summed E-state index contributed by atoms with van der Waals surface area (Å²) in [6, 6.07) is 10.9. The summed E-state index contributed by atoms with van der Waals surface area (Å²) in [6.45, 7) is 2.53. The molecular weight excluding hydrogens is 439 g/mol. The molecule has 0 radical (unpaired) electrons. The molecule has 0 spiro atoms. The zero-order chi connectivity index (χ0) is 23.4. The molecule has 0 aliphatic rings. The third-order valence-corrected chi connectivity index (χ3v) is 4.78. The van der Waals surface area contributed by atoms with E-state index < -0.39 is 6.36 Å². The molecule has 8 nitrogen and oxygen atoms in total. The molecule has 0 saturated carbocycles. The number of nitrogens with zero attached hydrogens (tertiary/aromatic N) is 5. The Morgan fingerprint density at radius 1 is 1.12 bits per heavy atom. The van der Waals surface area contributed by atoms with Gasteiger partial charge in [-0.3, -0.25) is 9.67 Å². The second-order valence-electron chi connectivity index (χ2n) is 7.31. The molecule has 1 aromatic carbocycles. The molecule has 33 heavy (non-hydrogen) atoms. The number of rotatable bonds is 8. The molecule has 3 heterocycles. The summed E-state index contributed by atoms with van der Waals surface area (Å²) >= 11 is 0. The zero-order valence-electron chi connectivity index (χ0n) is 17.6. The van der Waals surface area contributed by atoms with Crippen LogP contribution in [-0.4, -0.2) is 43.0 Å². The van der Waals surface area contributed by atoms with E-state index >= 15 is 0 Å². The van der Waals surface area contributed by atoms with Crippen LogP contribution in [0.15, 0.2) is 53.2 Å². The molecular formula is C22H20F3N5O3. The number of hydrogen-bond acceptors (Lipinski definition) is 7. The van der Waals surface area contributed by atoms with Crippen molar-refractivity contribution < 1.29 is 27.5 Å². The second kappa shape index (κ2) is 9.41. The summed E-state index contributed by atoms with van der Waals surface area (Å²) in [5.74, 6) is 0.0821. The van der Waals surface area contributed by atoms with Crippen LogP contribution < -0.4 is 4.74 Å². The Morgan fingerprint density at radius 3 is 2.58 bits per heavy atom. The highest BCUT2D eigenvalue weighted by Gasteiger charge is 2.31. The van der Waals surface area contributed by atoms with E-state index in [2.05, 4.69) is 25.0 Å². The van der Waals surface area contributed by atoms with Gasteiger partial charge in [-0.2, -0.15) is 10.1 Å². The van der Waals surface area contributed by atoms with Crippen LogP contribution in [0.1, 0.15) is 23.4 Å². The van der Waals surface area contributed by atoms with Crippen LogP contribution in [0.2, 0.25) is 0 Å². The smallest absolute Gasteiger partial charge is 0.406 e. The van der Waals surface area contributed by atoms with Gasteiger partial charge < -0.3 is 14.4 Å². The van der Waals surface area contributed by atoms with Crippen molar-refractivity contribution in [3.05, 3.63) is 65.6 Å². The number of benzene rings is 1. The Labute approximate surface area is 186 Å². The molecule has 0 atom stereocenters. The fraction of sp³-hybridized carbons (Fsp3) is 0.273. The topological polar surface area (TPSA) is 99.1 Å². The van der Waals surface area contributed by atoms with Crippen molar-refractivity contribution in [2.24, 2.45) is 0 Å². The van der Waals surface area contributed by atoms with Crippen LogP contribution in [0.25, 0.3) is 23.0 Å². The van der Waals surface area contributed by atoms with Crippen LogP contribution in [0.4, 0.5) is 13.2 Å². The SMILES string of the molecule is Cc1cc(-c2nc(-c3ccc(OC(F)(F)F)cc3)no2)nn1Cc1ccc(CCCO)nc1. The maximum Gasteiger partial charge on any atom is 0.573 e. The molecule has 4 aromatic rings. The first kappa shape index (κ1) is 22.5. The Bertz CT molecular complexity index is 1200. The van der Waals surface area contributed by atoms with E-state index in [0.29, 0.717) is 24.2 Å². The van der Waals surface area contributed by atoms with Crippen LogP contribution in [0, 0.1) is 6.92 Å². The molecule has 0 bridgehead atoms. The third-order valence-electron chi connectivity index (χ3n) is 4.78. The molecule has 0 saturated heterocycles. The lowest BCUT2D eigenvalue weighted by molar-refractivity contribution is -0.274. The lowest BCUT2D eigenvalue weighted by Crippen LogP contribution is -2.16. The minimum absolute atomic E-state index is 0.133. The average Bonchev–Trinajstić information content (AvgIpc) is 3.40. The Hall–Kier alpha value is -3.73. The van der Waals surface area contributed by atoms with Crippen molar-refractivity contribution in [1.82, 2.24) is 24.9 Å². The van der Waals surface area contributed by atoms with Gasteiger partial charge in [0.1, 0.15) is 5.75 Å². The summed E-state index contributed by atoms with van der Waals surface area (Å²) in [5.41, 5.74) is 3.72. The number of halogens is 3. The van der Waals surface area contributed by atoms with Crippen molar-refractivity contribution in [1.29, 1.82) is 0 Å². The van der Waals surface area contributed by atoms with Gasteiger partial charge in [0.2, 0.25) is 5.82 Å². The predicted molar refractivity (Wildman–Crippen MR) is 111 cm³/mol. The van der Waals surface area contributed by atoms with Crippen LogP contribution >= 0.6 is 0 Å². The summed E-state index contributed by atoms with van der Waals surface area (Å²) in [7, 11) is 0. The minimum Gasteiger partial charge on any atom is -0.406 e. The van der Waals surface area contributed by atoms with Gasteiger partial charge in [-0.05, 0) is 61.7 Å². The molecule has 3 aromatic heterocycles. The fourth-order valence-electron chi connectivity index (χ4n) is 3.15. The lowest BCUT2D eigenvalue weighted by atomic mass is 10.2. The maximum atomic E-state index is 12.3. The van der Waals surface area contributed by atoms with Gasteiger partial charge in [-0.25, -0.2) is 0 Å². The normalized spacial score (nSPS) is 11.7. The maximum absolute atomic E-state index is 12.3. The highest BCUT2D eigenvalue weighted by atomic mass is 19.4. The molecule has 172 valence electrons. The standard InChI is InChI=1S/C22H20F3N5O3/c1-14-11-19(28-30(14)13-15-4-7-17(26-12-15)3-2-10-31)21-27-20(29-33-21)16-5-8-18(9-6-16)32-22(23,24)25/h4-9,11-12,31H,2-3,10,13H2,1H3. The van der Waals surface area contributed by atoms with Crippen molar-refractivity contribution in [3.63, 3.8) is 0 Å². The quantitative estimate of drug-likeness (QED) is 0.422. The average molecular weight is 459 g/mol. The minimum atomic E-state index is -4.75. The number of ether oxygens (including phenoxy) is 1. The van der Waals surface area contributed by atoms with E-state index in [-0.39, 0.29) is 24.1 Å². The number of aromatic nitrogens is 5. The van der Waals surface area contributed by atoms with Crippen molar-refractivity contribution in [3.8, 4) is 28.7 Å². The highest BCUT2D eigenvalue weighted by Crippen LogP contribution is 2.27. The van der Waals surface area contributed by atoms with Crippen molar-refractivity contribution in [2.75, 3.05) is 6.61 Å². The highest BCUT2D eigenvalue weighted by molar-refractivity contribution is 5.58. The Kier molecular flexibility index (Phi) is 6.40. The van der Waals surface area contributed by atoms with Crippen molar-refractivity contribution >= 4 is 0 Å². The van der Waals surface area contributed by atoms with Gasteiger partial charge in [0.15, 0.2) is 5.69 Å². The molecule has 0 aliphatic carbocycles. The Morgan fingerprint density at radius 2 is 1.91 bits per heavy atom. The van der Waals surface area contributed by atoms with Crippen LogP contribution in [0.3, 0.4) is 0 Å². The van der Waals surface area contributed by atoms with Crippen LogP contribution in [0.5, 0.6) is 5.75 Å². The number of hydrogen-bond donors (Lipinski definition) is 1. The number of pyridine rings is 1.